The van der Waals surface area contributed by atoms with Crippen molar-refractivity contribution in [2.45, 2.75) is 93.2 Å². The molecule has 0 bridgehead atoms. The summed E-state index contributed by atoms with van der Waals surface area (Å²) in [5, 5.41) is 1.33. The van der Waals surface area contributed by atoms with Crippen molar-refractivity contribution in [3.05, 3.63) is 88.6 Å². The largest absolute Gasteiger partial charge is 0.454 e. The summed E-state index contributed by atoms with van der Waals surface area (Å²) in [6.45, 7) is 6.75. The van der Waals surface area contributed by atoms with Gasteiger partial charge in [0, 0.05) is 40.3 Å². The normalized spacial score (nSPS) is 20.9. The lowest BCUT2D eigenvalue weighted by Gasteiger charge is -2.34. The third-order valence-corrected chi connectivity index (χ3v) is 8.78. The molecule has 0 radical (unpaired) electrons. The molecule has 2 heteroatoms. The van der Waals surface area contributed by atoms with Gasteiger partial charge in [0.2, 0.25) is 5.69 Å². The van der Waals surface area contributed by atoms with E-state index in [0.29, 0.717) is 38.8 Å². The van der Waals surface area contributed by atoms with Crippen LogP contribution in [0.25, 0.3) is 44.3 Å². The third kappa shape index (κ3) is 5.41. The first-order chi connectivity index (χ1) is 23.3. The van der Waals surface area contributed by atoms with Crippen molar-refractivity contribution in [2.24, 2.45) is 17.9 Å². The summed E-state index contributed by atoms with van der Waals surface area (Å²) >= 11 is 0. The Hall–Kier alpha value is -3.39. The molecule has 3 aromatic carbocycles. The first-order valence-corrected chi connectivity index (χ1v) is 15.0. The van der Waals surface area contributed by atoms with Gasteiger partial charge in [-0.1, -0.05) is 71.0 Å². The molecule has 6 rings (SSSR count). The quantitative estimate of drug-likeness (QED) is 0.197. The van der Waals surface area contributed by atoms with Gasteiger partial charge in [0.15, 0.2) is 6.20 Å². The van der Waals surface area contributed by atoms with E-state index in [-0.39, 0.29) is 22.1 Å². The van der Waals surface area contributed by atoms with E-state index in [4.69, 9.17) is 15.4 Å². The fourth-order valence-electron chi connectivity index (χ4n) is 6.40. The fourth-order valence-corrected chi connectivity index (χ4v) is 6.40. The summed E-state index contributed by atoms with van der Waals surface area (Å²) in [6.07, 6.45) is 2.90. The van der Waals surface area contributed by atoms with Crippen LogP contribution >= 0.6 is 0 Å². The first-order valence-electron chi connectivity index (χ1n) is 19.5. The standard InChI is InChI=1S/C40H48NO/c1-25-19-33(30-12-10-11-29(21-30)28-15-17-40(7,8)18-16-28)37-34(20-25)32-14-13-26(2)36(38(32)42-37)35-22-31(23-39(4,5)6)27(3)24-41(35)9/h10-14,19-22,24,28H,15-18,23H2,1-9H3/q+1/i1D3,3D3,23D2,28D. The van der Waals surface area contributed by atoms with Gasteiger partial charge >= 0.3 is 0 Å². The molecule has 1 fully saturated rings. The lowest BCUT2D eigenvalue weighted by atomic mass is 9.71. The molecule has 1 aliphatic carbocycles. The van der Waals surface area contributed by atoms with Gasteiger partial charge in [-0.2, -0.15) is 0 Å². The van der Waals surface area contributed by atoms with Crippen LogP contribution in [0.15, 0.2) is 65.2 Å². The monoisotopic (exact) mass is 567 g/mol. The van der Waals surface area contributed by atoms with Gasteiger partial charge in [-0.25, -0.2) is 4.57 Å². The molecule has 0 aliphatic heterocycles. The predicted molar refractivity (Wildman–Crippen MR) is 178 cm³/mol. The van der Waals surface area contributed by atoms with E-state index in [9.17, 15) is 1.37 Å². The SMILES string of the molecule is [2H]C([2H])([2H])c1cc(-c2cccc(C3([2H])CCC(C)(C)CC3)c2)c2oc3c(-c4cc(C([2H])([2H])C(C)(C)C)c(C([2H])([2H])[2H])c[n+]4C)c(C)ccc3c2c1. The first kappa shape index (κ1) is 19.7. The number of hydrogen-bond acceptors (Lipinski definition) is 1. The van der Waals surface area contributed by atoms with Crippen LogP contribution in [-0.2, 0) is 13.4 Å². The molecule has 2 heterocycles. The Kier molecular flexibility index (Phi) is 4.89. The van der Waals surface area contributed by atoms with E-state index < -0.39 is 31.4 Å². The molecule has 2 aromatic heterocycles. The molecule has 1 aliphatic rings. The number of rotatable bonds is 4. The van der Waals surface area contributed by atoms with Crippen LogP contribution in [0, 0.1) is 31.5 Å². The van der Waals surface area contributed by atoms with Crippen molar-refractivity contribution in [1.29, 1.82) is 0 Å². The lowest BCUT2D eigenvalue weighted by Crippen LogP contribution is -2.32. The lowest BCUT2D eigenvalue weighted by molar-refractivity contribution is -0.660. The van der Waals surface area contributed by atoms with Crippen molar-refractivity contribution >= 4 is 21.9 Å². The fraction of sp³-hybridized carbons (Fsp3) is 0.425. The van der Waals surface area contributed by atoms with Crippen molar-refractivity contribution in [3.8, 4) is 22.4 Å². The van der Waals surface area contributed by atoms with Crippen LogP contribution in [0.2, 0.25) is 0 Å². The summed E-state index contributed by atoms with van der Waals surface area (Å²) in [6, 6.07) is 16.7. The van der Waals surface area contributed by atoms with Gasteiger partial charge in [-0.05, 0) is 109 Å². The second-order valence-electron chi connectivity index (χ2n) is 14.0. The Labute approximate surface area is 265 Å². The zero-order valence-corrected chi connectivity index (χ0v) is 26.0. The zero-order chi connectivity index (χ0) is 37.7. The summed E-state index contributed by atoms with van der Waals surface area (Å²) in [7, 11) is 1.74. The molecule has 218 valence electrons. The average Bonchev–Trinajstić information content (AvgIpc) is 3.39. The highest BCUT2D eigenvalue weighted by atomic mass is 16.3. The second kappa shape index (κ2) is 10.4. The van der Waals surface area contributed by atoms with Gasteiger partial charge in [-0.3, -0.25) is 0 Å². The Bertz CT molecular complexity index is 2150. The zero-order valence-electron chi connectivity index (χ0n) is 35.0. The van der Waals surface area contributed by atoms with E-state index in [2.05, 4.69) is 13.8 Å². The predicted octanol–water partition coefficient (Wildman–Crippen LogP) is 10.9. The highest BCUT2D eigenvalue weighted by molar-refractivity contribution is 6.13. The van der Waals surface area contributed by atoms with E-state index in [1.165, 1.54) is 6.20 Å². The molecule has 42 heavy (non-hydrogen) atoms. The Morgan fingerprint density at radius 3 is 2.48 bits per heavy atom. The minimum Gasteiger partial charge on any atom is -0.454 e. The molecule has 2 nitrogen and oxygen atoms in total. The average molecular weight is 568 g/mol. The van der Waals surface area contributed by atoms with Gasteiger partial charge in [0.1, 0.15) is 18.2 Å². The molecule has 0 amide bonds. The van der Waals surface area contributed by atoms with Crippen LogP contribution in [-0.4, -0.2) is 0 Å². The van der Waals surface area contributed by atoms with E-state index >= 15 is 0 Å². The maximum absolute atomic E-state index is 9.43. The Morgan fingerprint density at radius 2 is 1.76 bits per heavy atom. The maximum Gasteiger partial charge on any atom is 0.216 e. The van der Waals surface area contributed by atoms with Gasteiger partial charge in [0.05, 0.1) is 5.56 Å². The van der Waals surface area contributed by atoms with E-state index in [1.807, 2.05) is 43.3 Å². The minimum atomic E-state index is -2.55. The smallest absolute Gasteiger partial charge is 0.216 e. The summed E-state index contributed by atoms with van der Waals surface area (Å²) in [5.74, 6) is -0.740. The summed E-state index contributed by atoms with van der Waals surface area (Å²) in [5.41, 5.74) is 4.87. The van der Waals surface area contributed by atoms with E-state index in [0.717, 1.165) is 42.4 Å². The van der Waals surface area contributed by atoms with Crippen molar-refractivity contribution in [2.75, 3.05) is 0 Å². The number of furan rings is 1. The van der Waals surface area contributed by atoms with Crippen LogP contribution in [0.1, 0.15) is 106 Å². The van der Waals surface area contributed by atoms with Crippen molar-refractivity contribution in [3.63, 3.8) is 0 Å². The minimum absolute atomic E-state index is 0.0544. The number of aryl methyl sites for hydroxylation is 4. The summed E-state index contributed by atoms with van der Waals surface area (Å²) in [4.78, 5) is 0. The number of pyridine rings is 1. The molecule has 0 spiro atoms. The Balaban J connectivity index is 1.63. The number of nitrogens with zero attached hydrogens (tertiary/aromatic N) is 1. The topological polar surface area (TPSA) is 17.0 Å². The molecule has 0 N–H and O–H groups in total. The number of hydrogen-bond donors (Lipinski definition) is 0. The van der Waals surface area contributed by atoms with Crippen LogP contribution in [0.4, 0.5) is 0 Å². The third-order valence-electron chi connectivity index (χ3n) is 8.78. The van der Waals surface area contributed by atoms with Crippen LogP contribution in [0.5, 0.6) is 0 Å². The van der Waals surface area contributed by atoms with Gasteiger partial charge < -0.3 is 4.42 Å². The Morgan fingerprint density at radius 1 is 0.976 bits per heavy atom. The molecular weight excluding hydrogens is 510 g/mol. The van der Waals surface area contributed by atoms with Crippen molar-refractivity contribution in [1.82, 2.24) is 0 Å². The second-order valence-corrected chi connectivity index (χ2v) is 14.0. The molecule has 0 atom stereocenters. The molecule has 5 aromatic rings. The van der Waals surface area contributed by atoms with Crippen LogP contribution < -0.4 is 4.57 Å². The van der Waals surface area contributed by atoms with Crippen LogP contribution in [0.3, 0.4) is 0 Å². The highest BCUT2D eigenvalue weighted by Gasteiger charge is 2.28. The van der Waals surface area contributed by atoms with Gasteiger partial charge in [-0.15, -0.1) is 0 Å². The molecular formula is C40H48NO+. The molecule has 1 saturated carbocycles. The molecule has 0 saturated heterocycles. The molecule has 0 unspecified atom stereocenters. The van der Waals surface area contributed by atoms with Gasteiger partial charge in [0.25, 0.3) is 0 Å². The van der Waals surface area contributed by atoms with Crippen molar-refractivity contribution < 1.29 is 21.3 Å². The number of aromatic nitrogens is 1. The number of fused-ring (bicyclic) bond motifs is 3. The summed E-state index contributed by atoms with van der Waals surface area (Å²) < 4.78 is 86.1. The number of benzene rings is 3. The highest BCUT2D eigenvalue weighted by Crippen LogP contribution is 2.45. The van der Waals surface area contributed by atoms with E-state index in [1.54, 1.807) is 50.6 Å². The maximum atomic E-state index is 9.43.